The molecular formula is C19H33IN4O. The van der Waals surface area contributed by atoms with E-state index in [4.69, 9.17) is 4.74 Å². The highest BCUT2D eigenvalue weighted by molar-refractivity contribution is 14.0. The first-order chi connectivity index (χ1) is 11.6. The predicted molar refractivity (Wildman–Crippen MR) is 116 cm³/mol. The van der Waals surface area contributed by atoms with Crippen molar-refractivity contribution in [1.82, 2.24) is 15.5 Å². The first-order valence-corrected chi connectivity index (χ1v) is 8.95. The van der Waals surface area contributed by atoms with Gasteiger partial charge in [0.2, 0.25) is 0 Å². The van der Waals surface area contributed by atoms with Crippen LogP contribution in [-0.2, 0) is 6.54 Å². The van der Waals surface area contributed by atoms with Crippen molar-refractivity contribution in [1.29, 1.82) is 0 Å². The van der Waals surface area contributed by atoms with Gasteiger partial charge in [-0.25, -0.2) is 0 Å². The van der Waals surface area contributed by atoms with Gasteiger partial charge < -0.3 is 15.4 Å². The summed E-state index contributed by atoms with van der Waals surface area (Å²) in [6.45, 7) is 8.74. The molecular weight excluding hydrogens is 427 g/mol. The second-order valence-corrected chi connectivity index (χ2v) is 6.71. The zero-order valence-electron chi connectivity index (χ0n) is 15.9. The minimum Gasteiger partial charge on any atom is -0.497 e. The Labute approximate surface area is 169 Å². The number of halogens is 1. The van der Waals surface area contributed by atoms with Crippen LogP contribution in [0.4, 0.5) is 0 Å². The monoisotopic (exact) mass is 460 g/mol. The number of rotatable bonds is 7. The number of hydrogen-bond acceptors (Lipinski definition) is 3. The molecule has 142 valence electrons. The summed E-state index contributed by atoms with van der Waals surface area (Å²) in [6, 6.07) is 8.66. The van der Waals surface area contributed by atoms with E-state index in [0.29, 0.717) is 12.0 Å². The van der Waals surface area contributed by atoms with Gasteiger partial charge in [0.15, 0.2) is 5.96 Å². The molecule has 1 unspecified atom stereocenters. The lowest BCUT2D eigenvalue weighted by Gasteiger charge is -2.31. The van der Waals surface area contributed by atoms with E-state index < -0.39 is 0 Å². The predicted octanol–water partition coefficient (Wildman–Crippen LogP) is 3.10. The molecule has 0 aliphatic carbocycles. The third-order valence-electron chi connectivity index (χ3n) is 4.70. The van der Waals surface area contributed by atoms with Crippen molar-refractivity contribution in [2.24, 2.45) is 10.9 Å². The van der Waals surface area contributed by atoms with Crippen molar-refractivity contribution in [3.63, 3.8) is 0 Å². The number of nitrogens with zero attached hydrogens (tertiary/aromatic N) is 2. The van der Waals surface area contributed by atoms with Gasteiger partial charge in [-0.1, -0.05) is 26.0 Å². The first-order valence-electron chi connectivity index (χ1n) is 8.95. The average molecular weight is 460 g/mol. The smallest absolute Gasteiger partial charge is 0.191 e. The van der Waals surface area contributed by atoms with Crippen LogP contribution >= 0.6 is 24.0 Å². The van der Waals surface area contributed by atoms with Crippen molar-refractivity contribution >= 4 is 29.9 Å². The van der Waals surface area contributed by atoms with Gasteiger partial charge in [-0.15, -0.1) is 24.0 Å². The van der Waals surface area contributed by atoms with Crippen molar-refractivity contribution in [3.05, 3.63) is 29.8 Å². The maximum atomic E-state index is 5.19. The quantitative estimate of drug-likeness (QED) is 0.373. The molecule has 1 aliphatic heterocycles. The molecule has 1 atom stereocenters. The summed E-state index contributed by atoms with van der Waals surface area (Å²) in [5, 5.41) is 6.88. The van der Waals surface area contributed by atoms with Crippen LogP contribution in [0.2, 0.25) is 0 Å². The molecule has 0 amide bonds. The molecule has 2 N–H and O–H groups in total. The second-order valence-electron chi connectivity index (χ2n) is 6.71. The third-order valence-corrected chi connectivity index (χ3v) is 4.70. The van der Waals surface area contributed by atoms with Crippen molar-refractivity contribution in [3.8, 4) is 5.75 Å². The van der Waals surface area contributed by atoms with E-state index in [1.807, 2.05) is 19.2 Å². The van der Waals surface area contributed by atoms with Gasteiger partial charge in [0.25, 0.3) is 0 Å². The Balaban J connectivity index is 0.00000312. The number of aliphatic imine (C=N–C) groups is 1. The van der Waals surface area contributed by atoms with Crippen LogP contribution in [0.15, 0.2) is 29.3 Å². The number of nitrogens with one attached hydrogen (secondary N) is 2. The minimum absolute atomic E-state index is 0. The van der Waals surface area contributed by atoms with E-state index in [0.717, 1.165) is 24.8 Å². The van der Waals surface area contributed by atoms with Crippen molar-refractivity contribution in [2.75, 3.05) is 33.8 Å². The second kappa shape index (κ2) is 11.6. The standard InChI is InChI=1S/C19H32N4O.HI/c1-15(2)18(23-11-5-6-12-23)14-22-19(20-3)21-13-16-7-9-17(24-4)10-8-16;/h7-10,15,18H,5-6,11-14H2,1-4H3,(H2,20,21,22);1H. The van der Waals surface area contributed by atoms with E-state index in [9.17, 15) is 0 Å². The molecule has 1 heterocycles. The Morgan fingerprint density at radius 1 is 1.16 bits per heavy atom. The number of likely N-dealkylation sites (tertiary alicyclic amines) is 1. The fourth-order valence-electron chi connectivity index (χ4n) is 3.21. The van der Waals surface area contributed by atoms with E-state index >= 15 is 0 Å². The molecule has 1 fully saturated rings. The zero-order chi connectivity index (χ0) is 17.4. The lowest BCUT2D eigenvalue weighted by Crippen LogP contribution is -2.48. The Kier molecular flexibility index (Phi) is 10.2. The van der Waals surface area contributed by atoms with E-state index in [1.165, 1.54) is 31.5 Å². The minimum atomic E-state index is 0. The van der Waals surface area contributed by atoms with Gasteiger partial charge in [-0.05, 0) is 49.5 Å². The van der Waals surface area contributed by atoms with Crippen LogP contribution in [0.5, 0.6) is 5.75 Å². The number of hydrogen-bond donors (Lipinski definition) is 2. The van der Waals surface area contributed by atoms with E-state index in [-0.39, 0.29) is 24.0 Å². The lowest BCUT2D eigenvalue weighted by molar-refractivity contribution is 0.192. The molecule has 2 rings (SSSR count). The molecule has 0 bridgehead atoms. The Bertz CT molecular complexity index is 513. The maximum absolute atomic E-state index is 5.19. The van der Waals surface area contributed by atoms with E-state index in [2.05, 4.69) is 46.5 Å². The Morgan fingerprint density at radius 2 is 1.80 bits per heavy atom. The molecule has 0 aromatic heterocycles. The van der Waals surface area contributed by atoms with Crippen molar-refractivity contribution in [2.45, 2.75) is 39.3 Å². The molecule has 0 radical (unpaired) electrons. The summed E-state index contributed by atoms with van der Waals surface area (Å²) < 4.78 is 5.19. The summed E-state index contributed by atoms with van der Waals surface area (Å²) in [7, 11) is 3.51. The SMILES string of the molecule is CN=C(NCc1ccc(OC)cc1)NCC(C(C)C)N1CCCC1.I. The normalized spacial score (nSPS) is 16.4. The lowest BCUT2D eigenvalue weighted by atomic mass is 10.0. The number of guanidine groups is 1. The molecule has 0 saturated carbocycles. The molecule has 5 nitrogen and oxygen atoms in total. The van der Waals surface area contributed by atoms with Gasteiger partial charge in [0.1, 0.15) is 5.75 Å². The molecule has 0 spiro atoms. The summed E-state index contributed by atoms with van der Waals surface area (Å²) in [5.41, 5.74) is 1.21. The van der Waals surface area contributed by atoms with Crippen LogP contribution in [-0.4, -0.2) is 50.7 Å². The van der Waals surface area contributed by atoms with Crippen molar-refractivity contribution < 1.29 is 4.74 Å². The fourth-order valence-corrected chi connectivity index (χ4v) is 3.21. The fraction of sp³-hybridized carbons (Fsp3) is 0.632. The molecule has 1 aromatic carbocycles. The Morgan fingerprint density at radius 3 is 2.32 bits per heavy atom. The van der Waals surface area contributed by atoms with Gasteiger partial charge >= 0.3 is 0 Å². The molecule has 6 heteroatoms. The van der Waals surface area contributed by atoms with Gasteiger partial charge in [0.05, 0.1) is 7.11 Å². The van der Waals surface area contributed by atoms with Crippen LogP contribution < -0.4 is 15.4 Å². The highest BCUT2D eigenvalue weighted by Crippen LogP contribution is 2.17. The first kappa shape index (κ1) is 22.0. The molecule has 1 aromatic rings. The van der Waals surface area contributed by atoms with Crippen LogP contribution in [0.1, 0.15) is 32.3 Å². The number of methoxy groups -OCH3 is 1. The number of ether oxygens (including phenoxy) is 1. The van der Waals surface area contributed by atoms with Crippen LogP contribution in [0.25, 0.3) is 0 Å². The molecule has 25 heavy (non-hydrogen) atoms. The highest BCUT2D eigenvalue weighted by atomic mass is 127. The van der Waals surface area contributed by atoms with Crippen LogP contribution in [0, 0.1) is 5.92 Å². The van der Waals surface area contributed by atoms with Crippen LogP contribution in [0.3, 0.4) is 0 Å². The average Bonchev–Trinajstić information content (AvgIpc) is 3.12. The largest absolute Gasteiger partial charge is 0.497 e. The number of benzene rings is 1. The zero-order valence-corrected chi connectivity index (χ0v) is 18.2. The summed E-state index contributed by atoms with van der Waals surface area (Å²) in [4.78, 5) is 6.95. The highest BCUT2D eigenvalue weighted by Gasteiger charge is 2.24. The summed E-state index contributed by atoms with van der Waals surface area (Å²) in [5.74, 6) is 2.37. The summed E-state index contributed by atoms with van der Waals surface area (Å²) >= 11 is 0. The molecule has 1 aliphatic rings. The van der Waals surface area contributed by atoms with Gasteiger partial charge in [0, 0.05) is 26.2 Å². The van der Waals surface area contributed by atoms with E-state index in [1.54, 1.807) is 7.11 Å². The third kappa shape index (κ3) is 7.01. The molecule has 1 saturated heterocycles. The van der Waals surface area contributed by atoms with Gasteiger partial charge in [-0.3, -0.25) is 9.89 Å². The summed E-state index contributed by atoms with van der Waals surface area (Å²) in [6.07, 6.45) is 2.65. The topological polar surface area (TPSA) is 48.9 Å². The maximum Gasteiger partial charge on any atom is 0.191 e. The van der Waals surface area contributed by atoms with Gasteiger partial charge in [-0.2, -0.15) is 0 Å². The Hall–Kier alpha value is -1.02.